The molecule has 0 spiro atoms. The van der Waals surface area contributed by atoms with Crippen LogP contribution in [0.4, 0.5) is 0 Å². The van der Waals surface area contributed by atoms with Crippen LogP contribution in [-0.2, 0) is 14.4 Å². The molecule has 2 fully saturated rings. The molecule has 0 radical (unpaired) electrons. The summed E-state index contributed by atoms with van der Waals surface area (Å²) in [5, 5.41) is 4.32. The zero-order chi connectivity index (χ0) is 13.7. The first-order valence-corrected chi connectivity index (χ1v) is 7.16. The van der Waals surface area contributed by atoms with Gasteiger partial charge in [0.15, 0.2) is 0 Å². The molecule has 104 valence electrons. The fraction of sp³-hybridized carbons (Fsp3) is 0.500. The molecule has 20 heavy (non-hydrogen) atoms. The topological polar surface area (TPSA) is 47.9 Å². The Morgan fingerprint density at radius 3 is 2.85 bits per heavy atom. The molecule has 2 aliphatic carbocycles. The van der Waals surface area contributed by atoms with Gasteiger partial charge in [-0.1, -0.05) is 35.5 Å². The number of esters is 1. The van der Waals surface area contributed by atoms with Crippen molar-refractivity contribution in [1.29, 1.82) is 0 Å². The molecule has 3 aliphatic rings. The second-order valence-corrected chi connectivity index (χ2v) is 5.96. The fourth-order valence-electron chi connectivity index (χ4n) is 4.28. The van der Waals surface area contributed by atoms with E-state index < -0.39 is 0 Å². The van der Waals surface area contributed by atoms with Crippen molar-refractivity contribution in [3.8, 4) is 0 Å². The summed E-state index contributed by atoms with van der Waals surface area (Å²) in [6.45, 7) is 0. The highest BCUT2D eigenvalue weighted by Gasteiger charge is 2.60. The lowest BCUT2D eigenvalue weighted by molar-refractivity contribution is -0.149. The van der Waals surface area contributed by atoms with Gasteiger partial charge in [0, 0.05) is 11.8 Å². The summed E-state index contributed by atoms with van der Waals surface area (Å²) in [6.07, 6.45) is 2.03. The molecule has 4 rings (SSSR count). The largest absolute Gasteiger partial charge is 0.469 e. The van der Waals surface area contributed by atoms with Crippen LogP contribution in [-0.4, -0.2) is 24.9 Å². The molecular formula is C16H17NO3. The lowest BCUT2D eigenvalue weighted by Gasteiger charge is -2.28. The van der Waals surface area contributed by atoms with E-state index in [1.165, 1.54) is 7.11 Å². The van der Waals surface area contributed by atoms with Crippen molar-refractivity contribution in [2.45, 2.75) is 18.9 Å². The van der Waals surface area contributed by atoms with Crippen molar-refractivity contribution in [2.75, 3.05) is 7.11 Å². The van der Waals surface area contributed by atoms with E-state index in [9.17, 15) is 4.79 Å². The number of ether oxygens (including phenoxy) is 1. The molecule has 1 aromatic rings. The number of methoxy groups -OCH3 is 1. The third-order valence-corrected chi connectivity index (χ3v) is 5.09. The fourth-order valence-corrected chi connectivity index (χ4v) is 4.28. The maximum atomic E-state index is 11.8. The zero-order valence-corrected chi connectivity index (χ0v) is 11.4. The first kappa shape index (κ1) is 11.9. The average molecular weight is 271 g/mol. The summed E-state index contributed by atoms with van der Waals surface area (Å²) in [7, 11) is 1.47. The normalized spacial score (nSPS) is 37.2. The van der Waals surface area contributed by atoms with Gasteiger partial charge in [0.2, 0.25) is 0 Å². The number of benzene rings is 1. The molecule has 0 saturated heterocycles. The van der Waals surface area contributed by atoms with Crippen LogP contribution in [0, 0.1) is 23.7 Å². The highest BCUT2D eigenvalue weighted by Crippen LogP contribution is 2.56. The standard InChI is InChI=1S/C16H17NO3/c1-19-16(18)12-8-10-7-11(12)15-13(10)14(17-20-15)9-5-3-2-4-6-9/h2-6,10-13,15H,7-8H2,1H3/t10-,11-,12+,13+,15+/m0/s1. The first-order valence-electron chi connectivity index (χ1n) is 7.16. The molecule has 2 bridgehead atoms. The Labute approximate surface area is 117 Å². The van der Waals surface area contributed by atoms with Gasteiger partial charge in [0.1, 0.15) is 6.10 Å². The summed E-state index contributed by atoms with van der Waals surface area (Å²) >= 11 is 0. The van der Waals surface area contributed by atoms with E-state index >= 15 is 0 Å². The van der Waals surface area contributed by atoms with Gasteiger partial charge < -0.3 is 9.57 Å². The summed E-state index contributed by atoms with van der Waals surface area (Å²) in [6, 6.07) is 10.2. The van der Waals surface area contributed by atoms with Crippen LogP contribution >= 0.6 is 0 Å². The van der Waals surface area contributed by atoms with Gasteiger partial charge in [0.05, 0.1) is 18.7 Å². The Bertz CT molecular complexity index is 568. The molecule has 1 aliphatic heterocycles. The van der Waals surface area contributed by atoms with E-state index in [-0.39, 0.29) is 23.9 Å². The third-order valence-electron chi connectivity index (χ3n) is 5.09. The highest BCUT2D eigenvalue weighted by atomic mass is 16.6. The smallest absolute Gasteiger partial charge is 0.309 e. The third kappa shape index (κ3) is 1.54. The Morgan fingerprint density at radius 1 is 1.30 bits per heavy atom. The number of hydrogen-bond acceptors (Lipinski definition) is 4. The number of hydrogen-bond donors (Lipinski definition) is 0. The van der Waals surface area contributed by atoms with Gasteiger partial charge in [0.25, 0.3) is 0 Å². The maximum Gasteiger partial charge on any atom is 0.309 e. The SMILES string of the molecule is COC(=O)[C@@H]1C[C@@H]2C[C@@H]1[C@H]1ON=C(c3ccccc3)[C@@H]21. The van der Waals surface area contributed by atoms with Gasteiger partial charge in [-0.2, -0.15) is 0 Å². The number of carbonyl (C=O) groups excluding carboxylic acids is 1. The molecule has 0 aromatic heterocycles. The Morgan fingerprint density at radius 2 is 2.10 bits per heavy atom. The lowest BCUT2D eigenvalue weighted by atomic mass is 9.76. The molecule has 4 heteroatoms. The highest BCUT2D eigenvalue weighted by molar-refractivity contribution is 6.03. The van der Waals surface area contributed by atoms with E-state index in [0.717, 1.165) is 24.1 Å². The number of oxime groups is 1. The molecule has 2 saturated carbocycles. The molecule has 1 aromatic carbocycles. The van der Waals surface area contributed by atoms with Crippen molar-refractivity contribution < 1.29 is 14.4 Å². The van der Waals surface area contributed by atoms with E-state index in [2.05, 4.69) is 17.3 Å². The van der Waals surface area contributed by atoms with Crippen molar-refractivity contribution >= 4 is 11.7 Å². The number of nitrogens with zero attached hydrogens (tertiary/aromatic N) is 1. The lowest BCUT2D eigenvalue weighted by Crippen LogP contribution is -2.37. The predicted octanol–water partition coefficient (Wildman–Crippen LogP) is 2.23. The average Bonchev–Trinajstić information content (AvgIpc) is 3.18. The van der Waals surface area contributed by atoms with E-state index in [1.807, 2.05) is 18.2 Å². The summed E-state index contributed by atoms with van der Waals surface area (Å²) < 4.78 is 4.91. The van der Waals surface area contributed by atoms with Crippen LogP contribution in [0.2, 0.25) is 0 Å². The minimum atomic E-state index is -0.0901. The number of fused-ring (bicyclic) bond motifs is 5. The van der Waals surface area contributed by atoms with Crippen LogP contribution in [0.1, 0.15) is 18.4 Å². The predicted molar refractivity (Wildman–Crippen MR) is 73.1 cm³/mol. The quantitative estimate of drug-likeness (QED) is 0.775. The summed E-state index contributed by atoms with van der Waals surface area (Å²) in [4.78, 5) is 17.5. The summed E-state index contributed by atoms with van der Waals surface area (Å²) in [5.41, 5.74) is 2.20. The summed E-state index contributed by atoms with van der Waals surface area (Å²) in [5.74, 6) is 1.02. The molecule has 5 atom stereocenters. The number of carbonyl (C=O) groups is 1. The Balaban J connectivity index is 1.60. The van der Waals surface area contributed by atoms with Crippen molar-refractivity contribution in [3.63, 3.8) is 0 Å². The van der Waals surface area contributed by atoms with Crippen LogP contribution in [0.15, 0.2) is 35.5 Å². The Kier molecular flexibility index (Phi) is 2.59. The van der Waals surface area contributed by atoms with Gasteiger partial charge in [-0.15, -0.1) is 0 Å². The monoisotopic (exact) mass is 271 g/mol. The minimum absolute atomic E-state index is 0.00317. The van der Waals surface area contributed by atoms with Gasteiger partial charge in [-0.25, -0.2) is 0 Å². The molecule has 0 amide bonds. The van der Waals surface area contributed by atoms with Crippen molar-refractivity contribution in [3.05, 3.63) is 35.9 Å². The van der Waals surface area contributed by atoms with Crippen LogP contribution in [0.3, 0.4) is 0 Å². The van der Waals surface area contributed by atoms with Crippen LogP contribution in [0.25, 0.3) is 0 Å². The molecular weight excluding hydrogens is 254 g/mol. The zero-order valence-electron chi connectivity index (χ0n) is 11.4. The van der Waals surface area contributed by atoms with Crippen molar-refractivity contribution in [2.24, 2.45) is 28.8 Å². The molecule has 0 N–H and O–H groups in total. The second-order valence-electron chi connectivity index (χ2n) is 5.96. The van der Waals surface area contributed by atoms with Gasteiger partial charge >= 0.3 is 5.97 Å². The maximum absolute atomic E-state index is 11.8. The Hall–Kier alpha value is -1.84. The van der Waals surface area contributed by atoms with E-state index in [4.69, 9.17) is 9.57 Å². The molecule has 0 unspecified atom stereocenters. The molecule has 4 nitrogen and oxygen atoms in total. The minimum Gasteiger partial charge on any atom is -0.469 e. The van der Waals surface area contributed by atoms with Gasteiger partial charge in [-0.05, 0) is 24.3 Å². The second kappa shape index (κ2) is 4.33. The van der Waals surface area contributed by atoms with Gasteiger partial charge in [-0.3, -0.25) is 4.79 Å². The first-order chi connectivity index (χ1) is 9.79. The van der Waals surface area contributed by atoms with Crippen molar-refractivity contribution in [1.82, 2.24) is 0 Å². The van der Waals surface area contributed by atoms with E-state index in [0.29, 0.717) is 11.8 Å². The van der Waals surface area contributed by atoms with Crippen LogP contribution in [0.5, 0.6) is 0 Å². The van der Waals surface area contributed by atoms with Crippen LogP contribution < -0.4 is 0 Å². The van der Waals surface area contributed by atoms with E-state index in [1.54, 1.807) is 0 Å². The number of rotatable bonds is 2. The molecule has 1 heterocycles.